The summed E-state index contributed by atoms with van der Waals surface area (Å²) < 4.78 is 18.8. The number of hydrogen-bond donors (Lipinski definition) is 1. The van der Waals surface area contributed by atoms with Crippen LogP contribution < -0.4 is 5.73 Å². The van der Waals surface area contributed by atoms with Gasteiger partial charge in [-0.05, 0) is 38.0 Å². The van der Waals surface area contributed by atoms with E-state index in [4.69, 9.17) is 10.5 Å². The molecule has 0 amide bonds. The van der Waals surface area contributed by atoms with Gasteiger partial charge < -0.3 is 10.5 Å². The number of hydrogen-bond acceptors (Lipinski definition) is 3. The first-order valence-electron chi connectivity index (χ1n) is 6.72. The quantitative estimate of drug-likeness (QED) is 0.825. The Hall–Kier alpha value is -0.970. The molecule has 0 heterocycles. The fourth-order valence-electron chi connectivity index (χ4n) is 2.25. The Kier molecular flexibility index (Phi) is 6.42. The number of nitrogens with zero attached hydrogens (tertiary/aromatic N) is 1. The number of halogens is 1. The van der Waals surface area contributed by atoms with Gasteiger partial charge in [-0.2, -0.15) is 0 Å². The molecule has 0 spiro atoms. The summed E-state index contributed by atoms with van der Waals surface area (Å²) in [7, 11) is 1.68. The van der Waals surface area contributed by atoms with Gasteiger partial charge in [0, 0.05) is 32.3 Å². The second kappa shape index (κ2) is 7.58. The average Bonchev–Trinajstić information content (AvgIpc) is 2.37. The molecule has 1 atom stereocenters. The number of ether oxygens (including phenoxy) is 1. The lowest BCUT2D eigenvalue weighted by Gasteiger charge is -2.34. The first kappa shape index (κ1) is 16.1. The van der Waals surface area contributed by atoms with E-state index in [9.17, 15) is 4.39 Å². The molecule has 19 heavy (non-hydrogen) atoms. The van der Waals surface area contributed by atoms with Gasteiger partial charge in [0.05, 0.1) is 6.61 Å². The fourth-order valence-corrected chi connectivity index (χ4v) is 2.25. The number of methoxy groups -OCH3 is 1. The van der Waals surface area contributed by atoms with Crippen molar-refractivity contribution >= 4 is 0 Å². The van der Waals surface area contributed by atoms with Crippen LogP contribution in [0.4, 0.5) is 4.39 Å². The monoisotopic (exact) mass is 268 g/mol. The second-order valence-corrected chi connectivity index (χ2v) is 5.08. The third-order valence-electron chi connectivity index (χ3n) is 3.42. The van der Waals surface area contributed by atoms with Gasteiger partial charge in [-0.1, -0.05) is 12.1 Å². The molecule has 0 aromatic heterocycles. The zero-order valence-corrected chi connectivity index (χ0v) is 12.3. The summed E-state index contributed by atoms with van der Waals surface area (Å²) in [4.78, 5) is 2.24. The average molecular weight is 268 g/mol. The smallest absolute Gasteiger partial charge is 0.126 e. The van der Waals surface area contributed by atoms with E-state index in [1.54, 1.807) is 20.1 Å². The molecular weight excluding hydrogens is 243 g/mol. The van der Waals surface area contributed by atoms with Gasteiger partial charge in [0.15, 0.2) is 0 Å². The van der Waals surface area contributed by atoms with Crippen LogP contribution in [0.25, 0.3) is 0 Å². The molecule has 0 saturated heterocycles. The van der Waals surface area contributed by atoms with E-state index in [0.717, 1.165) is 12.1 Å². The molecule has 1 unspecified atom stereocenters. The highest BCUT2D eigenvalue weighted by atomic mass is 19.1. The standard InChI is InChI=1S/C15H25FN2O/c1-11(2)18(7-8-19-4)15(10-17)13-6-5-12(3)14(16)9-13/h5-6,9,11,15H,7-8,10,17H2,1-4H3. The molecule has 0 fully saturated rings. The molecular formula is C15H25FN2O. The van der Waals surface area contributed by atoms with Crippen molar-refractivity contribution in [1.29, 1.82) is 0 Å². The zero-order valence-electron chi connectivity index (χ0n) is 12.3. The molecule has 4 heteroatoms. The summed E-state index contributed by atoms with van der Waals surface area (Å²) in [6, 6.07) is 5.70. The van der Waals surface area contributed by atoms with Gasteiger partial charge in [0.1, 0.15) is 5.82 Å². The van der Waals surface area contributed by atoms with Crippen LogP contribution in [0.1, 0.15) is 31.0 Å². The SMILES string of the molecule is COCCN(C(C)C)C(CN)c1ccc(C)c(F)c1. The normalized spacial score (nSPS) is 13.3. The predicted octanol–water partition coefficient (Wildman–Crippen LogP) is 2.49. The van der Waals surface area contributed by atoms with Gasteiger partial charge in [-0.15, -0.1) is 0 Å². The molecule has 0 aliphatic rings. The highest BCUT2D eigenvalue weighted by molar-refractivity contribution is 5.26. The minimum Gasteiger partial charge on any atom is -0.383 e. The topological polar surface area (TPSA) is 38.5 Å². The van der Waals surface area contributed by atoms with Crippen LogP contribution in [0.2, 0.25) is 0 Å². The van der Waals surface area contributed by atoms with Crippen LogP contribution in [0.3, 0.4) is 0 Å². The number of benzene rings is 1. The molecule has 0 saturated carbocycles. The van der Waals surface area contributed by atoms with Crippen LogP contribution in [0, 0.1) is 12.7 Å². The molecule has 0 aliphatic carbocycles. The molecule has 2 N–H and O–H groups in total. The first-order chi connectivity index (χ1) is 9.01. The van der Waals surface area contributed by atoms with Gasteiger partial charge in [-0.3, -0.25) is 4.90 Å². The van der Waals surface area contributed by atoms with Crippen LogP contribution in [0.5, 0.6) is 0 Å². The molecule has 1 aromatic carbocycles. The molecule has 0 bridgehead atoms. The fraction of sp³-hybridized carbons (Fsp3) is 0.600. The van der Waals surface area contributed by atoms with E-state index in [1.165, 1.54) is 0 Å². The lowest BCUT2D eigenvalue weighted by molar-refractivity contribution is 0.0978. The largest absolute Gasteiger partial charge is 0.383 e. The second-order valence-electron chi connectivity index (χ2n) is 5.08. The van der Waals surface area contributed by atoms with Crippen LogP contribution in [-0.2, 0) is 4.74 Å². The van der Waals surface area contributed by atoms with Gasteiger partial charge in [0.25, 0.3) is 0 Å². The van der Waals surface area contributed by atoms with E-state index < -0.39 is 0 Å². The van der Waals surface area contributed by atoms with Crippen LogP contribution in [-0.4, -0.2) is 37.7 Å². The van der Waals surface area contributed by atoms with Gasteiger partial charge >= 0.3 is 0 Å². The van der Waals surface area contributed by atoms with E-state index in [0.29, 0.717) is 24.8 Å². The van der Waals surface area contributed by atoms with E-state index >= 15 is 0 Å². The minimum atomic E-state index is -0.175. The summed E-state index contributed by atoms with van der Waals surface area (Å²) in [6.45, 7) is 7.88. The van der Waals surface area contributed by atoms with Gasteiger partial charge in [-0.25, -0.2) is 4.39 Å². The molecule has 0 aliphatic heterocycles. The maximum absolute atomic E-state index is 13.7. The minimum absolute atomic E-state index is 0.0187. The zero-order chi connectivity index (χ0) is 14.4. The first-order valence-corrected chi connectivity index (χ1v) is 6.72. The number of aryl methyl sites for hydroxylation is 1. The highest BCUT2D eigenvalue weighted by Crippen LogP contribution is 2.23. The van der Waals surface area contributed by atoms with E-state index in [2.05, 4.69) is 18.7 Å². The molecule has 108 valence electrons. The summed E-state index contributed by atoms with van der Waals surface area (Å²) in [5.74, 6) is -0.175. The molecule has 0 radical (unpaired) electrons. The van der Waals surface area contributed by atoms with Crippen molar-refractivity contribution in [2.24, 2.45) is 5.73 Å². The van der Waals surface area contributed by atoms with Crippen molar-refractivity contribution in [3.63, 3.8) is 0 Å². The van der Waals surface area contributed by atoms with Crippen molar-refractivity contribution in [2.45, 2.75) is 32.9 Å². The Morgan fingerprint density at radius 2 is 2.05 bits per heavy atom. The molecule has 3 nitrogen and oxygen atoms in total. The Labute approximate surface area is 115 Å². The van der Waals surface area contributed by atoms with Crippen molar-refractivity contribution in [3.05, 3.63) is 35.1 Å². The Bertz CT molecular complexity index is 396. The number of nitrogens with two attached hydrogens (primary N) is 1. The molecule has 1 rings (SSSR count). The van der Waals surface area contributed by atoms with Crippen molar-refractivity contribution in [3.8, 4) is 0 Å². The maximum Gasteiger partial charge on any atom is 0.126 e. The third-order valence-corrected chi connectivity index (χ3v) is 3.42. The Morgan fingerprint density at radius 3 is 2.53 bits per heavy atom. The van der Waals surface area contributed by atoms with Crippen LogP contribution in [0.15, 0.2) is 18.2 Å². The summed E-state index contributed by atoms with van der Waals surface area (Å²) in [6.07, 6.45) is 0. The summed E-state index contributed by atoms with van der Waals surface area (Å²) in [5, 5.41) is 0. The Balaban J connectivity index is 2.97. The maximum atomic E-state index is 13.7. The van der Waals surface area contributed by atoms with Crippen LogP contribution >= 0.6 is 0 Å². The van der Waals surface area contributed by atoms with Crippen molar-refractivity contribution in [1.82, 2.24) is 4.90 Å². The van der Waals surface area contributed by atoms with E-state index in [1.807, 2.05) is 12.1 Å². The van der Waals surface area contributed by atoms with Crippen molar-refractivity contribution < 1.29 is 9.13 Å². The lowest BCUT2D eigenvalue weighted by atomic mass is 10.0. The Morgan fingerprint density at radius 1 is 1.37 bits per heavy atom. The predicted molar refractivity (Wildman–Crippen MR) is 76.7 cm³/mol. The van der Waals surface area contributed by atoms with E-state index in [-0.39, 0.29) is 11.9 Å². The third kappa shape index (κ3) is 4.27. The van der Waals surface area contributed by atoms with Gasteiger partial charge in [0.2, 0.25) is 0 Å². The number of rotatable bonds is 7. The molecule has 1 aromatic rings. The lowest BCUT2D eigenvalue weighted by Crippen LogP contribution is -2.40. The van der Waals surface area contributed by atoms with Crippen molar-refractivity contribution in [2.75, 3.05) is 26.8 Å². The summed E-state index contributed by atoms with van der Waals surface area (Å²) >= 11 is 0. The summed E-state index contributed by atoms with van der Waals surface area (Å²) in [5.41, 5.74) is 7.48. The highest BCUT2D eigenvalue weighted by Gasteiger charge is 2.22.